The van der Waals surface area contributed by atoms with Crippen molar-refractivity contribution in [2.75, 3.05) is 5.43 Å². The Balaban J connectivity index is 1.51. The Morgan fingerprint density at radius 2 is 1.76 bits per heavy atom. The van der Waals surface area contributed by atoms with E-state index in [-0.39, 0.29) is 17.1 Å². The third-order valence-electron chi connectivity index (χ3n) is 6.13. The maximum absolute atomic E-state index is 13.1. The second-order valence-electron chi connectivity index (χ2n) is 8.23. The SMILES string of the molecule is NC12CC3CC(C1)CC(C(=O)NNc1ccccc1C(F)(F)F)(C3)C2. The minimum absolute atomic E-state index is 0.143. The van der Waals surface area contributed by atoms with Gasteiger partial charge in [0, 0.05) is 5.54 Å². The molecule has 5 rings (SSSR count). The van der Waals surface area contributed by atoms with Gasteiger partial charge in [0.2, 0.25) is 5.91 Å². The van der Waals surface area contributed by atoms with Crippen LogP contribution in [0.3, 0.4) is 0 Å². The average molecular weight is 353 g/mol. The Morgan fingerprint density at radius 3 is 2.36 bits per heavy atom. The van der Waals surface area contributed by atoms with E-state index >= 15 is 0 Å². The molecule has 0 aromatic heterocycles. The molecule has 4 aliphatic carbocycles. The summed E-state index contributed by atoms with van der Waals surface area (Å²) in [5.41, 5.74) is 9.75. The first-order valence-electron chi connectivity index (χ1n) is 8.71. The number of rotatable bonds is 3. The van der Waals surface area contributed by atoms with E-state index in [1.807, 2.05) is 0 Å². The van der Waals surface area contributed by atoms with Gasteiger partial charge < -0.3 is 5.73 Å². The van der Waals surface area contributed by atoms with E-state index in [0.29, 0.717) is 18.3 Å². The van der Waals surface area contributed by atoms with Crippen molar-refractivity contribution in [3.05, 3.63) is 29.8 Å². The van der Waals surface area contributed by atoms with Crippen LogP contribution in [0.5, 0.6) is 0 Å². The molecular formula is C18H22F3N3O. The molecule has 1 aromatic rings. The van der Waals surface area contributed by atoms with Crippen molar-refractivity contribution < 1.29 is 18.0 Å². The lowest BCUT2D eigenvalue weighted by atomic mass is 9.47. The molecule has 2 unspecified atom stereocenters. The number of hydrogen-bond acceptors (Lipinski definition) is 3. The van der Waals surface area contributed by atoms with Crippen LogP contribution in [0.25, 0.3) is 0 Å². The van der Waals surface area contributed by atoms with E-state index < -0.39 is 17.2 Å². The van der Waals surface area contributed by atoms with Crippen molar-refractivity contribution >= 4 is 11.6 Å². The van der Waals surface area contributed by atoms with Gasteiger partial charge in [-0.05, 0) is 62.5 Å². The summed E-state index contributed by atoms with van der Waals surface area (Å²) in [6, 6.07) is 5.14. The van der Waals surface area contributed by atoms with Gasteiger partial charge >= 0.3 is 6.18 Å². The van der Waals surface area contributed by atoms with E-state index in [0.717, 1.165) is 38.2 Å². The molecule has 0 spiro atoms. The summed E-state index contributed by atoms with van der Waals surface area (Å²) in [6.45, 7) is 0. The van der Waals surface area contributed by atoms with E-state index in [2.05, 4.69) is 10.9 Å². The van der Waals surface area contributed by atoms with Crippen LogP contribution < -0.4 is 16.6 Å². The van der Waals surface area contributed by atoms with Crippen molar-refractivity contribution in [1.29, 1.82) is 0 Å². The molecule has 7 heteroatoms. The minimum Gasteiger partial charge on any atom is -0.325 e. The van der Waals surface area contributed by atoms with Gasteiger partial charge in [-0.25, -0.2) is 0 Å². The fraction of sp³-hybridized carbons (Fsp3) is 0.611. The summed E-state index contributed by atoms with van der Waals surface area (Å²) >= 11 is 0. The van der Waals surface area contributed by atoms with Crippen LogP contribution in [0.1, 0.15) is 44.1 Å². The highest BCUT2D eigenvalue weighted by Crippen LogP contribution is 2.60. The number of benzene rings is 1. The fourth-order valence-corrected chi connectivity index (χ4v) is 5.70. The monoisotopic (exact) mass is 353 g/mol. The number of hydrazine groups is 1. The molecule has 0 heterocycles. The van der Waals surface area contributed by atoms with Gasteiger partial charge in [-0.2, -0.15) is 13.2 Å². The van der Waals surface area contributed by atoms with Gasteiger partial charge in [0.1, 0.15) is 0 Å². The highest BCUT2D eigenvalue weighted by atomic mass is 19.4. The normalized spacial score (nSPS) is 36.3. The molecule has 1 aromatic carbocycles. The summed E-state index contributed by atoms with van der Waals surface area (Å²) in [4.78, 5) is 12.9. The van der Waals surface area contributed by atoms with Crippen LogP contribution in [0.2, 0.25) is 0 Å². The summed E-state index contributed by atoms with van der Waals surface area (Å²) < 4.78 is 39.2. The van der Waals surface area contributed by atoms with Gasteiger partial charge in [0.25, 0.3) is 0 Å². The van der Waals surface area contributed by atoms with Gasteiger partial charge in [0.15, 0.2) is 0 Å². The second-order valence-corrected chi connectivity index (χ2v) is 8.23. The maximum atomic E-state index is 13.1. The zero-order valence-corrected chi connectivity index (χ0v) is 13.8. The summed E-state index contributed by atoms with van der Waals surface area (Å²) in [6.07, 6.45) is 0.773. The van der Waals surface area contributed by atoms with Crippen LogP contribution in [-0.4, -0.2) is 11.4 Å². The smallest absolute Gasteiger partial charge is 0.325 e. The van der Waals surface area contributed by atoms with Crippen molar-refractivity contribution in [3.63, 3.8) is 0 Å². The first kappa shape index (κ1) is 16.7. The third kappa shape index (κ3) is 2.88. The van der Waals surface area contributed by atoms with Gasteiger partial charge in [-0.15, -0.1) is 0 Å². The van der Waals surface area contributed by atoms with E-state index in [4.69, 9.17) is 5.73 Å². The molecule has 1 amide bonds. The zero-order chi connectivity index (χ0) is 17.9. The van der Waals surface area contributed by atoms with Crippen molar-refractivity contribution in [1.82, 2.24) is 5.43 Å². The molecule has 2 atom stereocenters. The summed E-state index contributed by atoms with van der Waals surface area (Å²) in [5, 5.41) is 0. The molecule has 4 nitrogen and oxygen atoms in total. The highest BCUT2D eigenvalue weighted by molar-refractivity contribution is 5.84. The topological polar surface area (TPSA) is 67.2 Å². The van der Waals surface area contributed by atoms with Crippen LogP contribution >= 0.6 is 0 Å². The fourth-order valence-electron chi connectivity index (χ4n) is 5.70. The van der Waals surface area contributed by atoms with Crippen LogP contribution in [0.15, 0.2) is 24.3 Å². The van der Waals surface area contributed by atoms with Crippen LogP contribution in [-0.2, 0) is 11.0 Å². The van der Waals surface area contributed by atoms with Gasteiger partial charge in [-0.3, -0.25) is 15.6 Å². The molecule has 4 saturated carbocycles. The molecule has 4 aliphatic rings. The zero-order valence-electron chi connectivity index (χ0n) is 13.8. The summed E-state index contributed by atoms with van der Waals surface area (Å²) in [7, 11) is 0. The Labute approximate surface area is 144 Å². The Kier molecular flexibility index (Phi) is 3.58. The molecule has 0 saturated heterocycles. The molecule has 4 fully saturated rings. The predicted molar refractivity (Wildman–Crippen MR) is 87.2 cm³/mol. The number of alkyl halides is 3. The van der Waals surface area contributed by atoms with Gasteiger partial charge in [-0.1, -0.05) is 12.1 Å². The van der Waals surface area contributed by atoms with Gasteiger partial charge in [0.05, 0.1) is 16.7 Å². The van der Waals surface area contributed by atoms with Crippen molar-refractivity contribution in [2.24, 2.45) is 23.0 Å². The second kappa shape index (κ2) is 5.37. The Morgan fingerprint density at radius 1 is 1.12 bits per heavy atom. The molecule has 0 radical (unpaired) electrons. The highest BCUT2D eigenvalue weighted by Gasteiger charge is 2.59. The number of anilines is 1. The number of hydrogen-bond donors (Lipinski definition) is 3. The lowest BCUT2D eigenvalue weighted by Gasteiger charge is -2.60. The lowest BCUT2D eigenvalue weighted by molar-refractivity contribution is -0.147. The van der Waals surface area contributed by atoms with E-state index in [9.17, 15) is 18.0 Å². The molecule has 4 bridgehead atoms. The number of nitrogens with one attached hydrogen (secondary N) is 2. The predicted octanol–water partition coefficient (Wildman–Crippen LogP) is 3.45. The number of amides is 1. The summed E-state index contributed by atoms with van der Waals surface area (Å²) in [5.74, 6) is 0.687. The molecule has 136 valence electrons. The Bertz CT molecular complexity index is 689. The number of para-hydroxylation sites is 1. The van der Waals surface area contributed by atoms with Crippen molar-refractivity contribution in [2.45, 2.75) is 50.2 Å². The molecular weight excluding hydrogens is 331 g/mol. The molecule has 4 N–H and O–H groups in total. The largest absolute Gasteiger partial charge is 0.418 e. The average Bonchev–Trinajstić information content (AvgIpc) is 2.49. The standard InChI is InChI=1S/C18H22F3N3O/c19-18(20,21)13-3-1-2-4-14(13)23-24-15(25)16-6-11-5-12(7-16)9-17(22,8-11)10-16/h1-4,11-12,23H,5-10,22H2,(H,24,25). The molecule has 25 heavy (non-hydrogen) atoms. The Hall–Kier alpha value is -1.76. The quantitative estimate of drug-likeness (QED) is 0.729. The number of nitrogens with two attached hydrogens (primary N) is 1. The first-order chi connectivity index (χ1) is 11.7. The minimum atomic E-state index is -4.48. The first-order valence-corrected chi connectivity index (χ1v) is 8.71. The van der Waals surface area contributed by atoms with E-state index in [1.165, 1.54) is 18.2 Å². The number of carbonyl (C=O) groups excluding carboxylic acids is 1. The van der Waals surface area contributed by atoms with Crippen molar-refractivity contribution in [3.8, 4) is 0 Å². The lowest BCUT2D eigenvalue weighted by Crippen LogP contribution is -2.64. The maximum Gasteiger partial charge on any atom is 0.418 e. The molecule has 0 aliphatic heterocycles. The van der Waals surface area contributed by atoms with Crippen LogP contribution in [0.4, 0.5) is 18.9 Å². The third-order valence-corrected chi connectivity index (χ3v) is 6.13. The van der Waals surface area contributed by atoms with Crippen LogP contribution in [0, 0.1) is 17.3 Å². The number of halogens is 3. The van der Waals surface area contributed by atoms with E-state index in [1.54, 1.807) is 0 Å². The number of carbonyl (C=O) groups is 1.